The number of halogens is 1. The van der Waals surface area contributed by atoms with Gasteiger partial charge in [-0.25, -0.2) is 0 Å². The van der Waals surface area contributed by atoms with Crippen LogP contribution in [0.25, 0.3) is 16.7 Å². The molecule has 164 valence electrons. The van der Waals surface area contributed by atoms with Gasteiger partial charge in [-0.1, -0.05) is 42.8 Å². The summed E-state index contributed by atoms with van der Waals surface area (Å²) in [5.41, 5.74) is 4.37. The number of aryl methyl sites for hydroxylation is 1. The fourth-order valence-corrected chi connectivity index (χ4v) is 5.41. The van der Waals surface area contributed by atoms with Gasteiger partial charge in [0.1, 0.15) is 5.76 Å². The lowest BCUT2D eigenvalue weighted by molar-refractivity contribution is -0.117. The fourth-order valence-electron chi connectivity index (χ4n) is 5.29. The van der Waals surface area contributed by atoms with Gasteiger partial charge < -0.3 is 15.2 Å². The van der Waals surface area contributed by atoms with Crippen molar-refractivity contribution in [1.29, 1.82) is 0 Å². The average molecular weight is 440 g/mol. The maximum absolute atomic E-state index is 13.2. The lowest BCUT2D eigenvalue weighted by Crippen LogP contribution is -2.51. The molecule has 4 nitrogen and oxygen atoms in total. The molecule has 0 radical (unpaired) electrons. The van der Waals surface area contributed by atoms with Gasteiger partial charge in [0.25, 0.3) is 5.91 Å². The molecule has 0 aromatic heterocycles. The molecule has 0 saturated heterocycles. The zero-order valence-corrected chi connectivity index (χ0v) is 19.4. The molecule has 0 atom stereocenters. The van der Waals surface area contributed by atoms with E-state index in [1.165, 1.54) is 0 Å². The Balaban J connectivity index is 1.78. The van der Waals surface area contributed by atoms with Crippen LogP contribution >= 0.6 is 11.6 Å². The van der Waals surface area contributed by atoms with Gasteiger partial charge in [-0.05, 0) is 85.9 Å². The highest BCUT2D eigenvalue weighted by Gasteiger charge is 2.51. The second kappa shape index (κ2) is 7.99. The van der Waals surface area contributed by atoms with Gasteiger partial charge in [-0.15, -0.1) is 0 Å². The minimum atomic E-state index is -0.696. The Morgan fingerprint density at radius 3 is 2.29 bits per heavy atom. The van der Waals surface area contributed by atoms with Gasteiger partial charge in [-0.3, -0.25) is 4.79 Å². The number of ether oxygens (including phenoxy) is 1. The van der Waals surface area contributed by atoms with Crippen molar-refractivity contribution < 1.29 is 14.6 Å². The van der Waals surface area contributed by atoms with Gasteiger partial charge in [0, 0.05) is 12.1 Å². The Bertz CT molecular complexity index is 1040. The van der Waals surface area contributed by atoms with Crippen LogP contribution in [0.4, 0.5) is 0 Å². The molecule has 1 heterocycles. The molecule has 2 N–H and O–H groups in total. The molecule has 1 spiro atoms. The number of carbonyl (C=O) groups excluding carboxylic acids is 1. The van der Waals surface area contributed by atoms with E-state index in [0.717, 1.165) is 47.1 Å². The number of methoxy groups -OCH3 is 1. The van der Waals surface area contributed by atoms with Crippen molar-refractivity contribution >= 4 is 23.1 Å². The fraction of sp³-hybridized carbons (Fsp3) is 0.423. The van der Waals surface area contributed by atoms with Gasteiger partial charge in [-0.2, -0.15) is 0 Å². The van der Waals surface area contributed by atoms with Crippen LogP contribution in [0.1, 0.15) is 55.7 Å². The Labute approximate surface area is 189 Å². The molecule has 2 aromatic rings. The summed E-state index contributed by atoms with van der Waals surface area (Å²) in [6, 6.07) is 11.8. The molecule has 1 aliphatic heterocycles. The molecule has 4 rings (SSSR count). The van der Waals surface area contributed by atoms with E-state index in [1.807, 2.05) is 44.2 Å². The van der Waals surface area contributed by atoms with E-state index >= 15 is 0 Å². The Morgan fingerprint density at radius 2 is 1.71 bits per heavy atom. The predicted octanol–water partition coefficient (Wildman–Crippen LogP) is 6.13. The molecule has 2 aromatic carbocycles. The third-order valence-corrected chi connectivity index (χ3v) is 7.69. The maximum atomic E-state index is 13.2. The van der Waals surface area contributed by atoms with Crippen molar-refractivity contribution in [2.75, 3.05) is 7.11 Å². The van der Waals surface area contributed by atoms with E-state index < -0.39 is 5.54 Å². The summed E-state index contributed by atoms with van der Waals surface area (Å²) in [5.74, 6) is -0.0175. The van der Waals surface area contributed by atoms with E-state index in [0.29, 0.717) is 23.4 Å². The minimum absolute atomic E-state index is 0.167. The van der Waals surface area contributed by atoms with Crippen molar-refractivity contribution in [1.82, 2.24) is 5.32 Å². The topological polar surface area (TPSA) is 58.6 Å². The van der Waals surface area contributed by atoms with E-state index in [9.17, 15) is 9.90 Å². The van der Waals surface area contributed by atoms with Gasteiger partial charge in [0.2, 0.25) is 0 Å². The van der Waals surface area contributed by atoms with Crippen LogP contribution < -0.4 is 5.32 Å². The summed E-state index contributed by atoms with van der Waals surface area (Å²) in [7, 11) is 1.75. The number of carbonyl (C=O) groups is 1. The quantitative estimate of drug-likeness (QED) is 0.602. The van der Waals surface area contributed by atoms with Crippen LogP contribution in [0.3, 0.4) is 0 Å². The van der Waals surface area contributed by atoms with Crippen molar-refractivity contribution in [3.63, 3.8) is 0 Å². The first-order valence-corrected chi connectivity index (χ1v) is 11.3. The third kappa shape index (κ3) is 3.56. The van der Waals surface area contributed by atoms with Gasteiger partial charge >= 0.3 is 0 Å². The lowest BCUT2D eigenvalue weighted by atomic mass is 9.72. The Morgan fingerprint density at radius 1 is 1.06 bits per heavy atom. The molecule has 2 aliphatic rings. The van der Waals surface area contributed by atoms with E-state index in [1.54, 1.807) is 7.11 Å². The van der Waals surface area contributed by atoms with Gasteiger partial charge in [0.05, 0.1) is 16.7 Å². The summed E-state index contributed by atoms with van der Waals surface area (Å²) in [5, 5.41) is 15.2. The summed E-state index contributed by atoms with van der Waals surface area (Å²) < 4.78 is 5.80. The number of benzene rings is 2. The molecule has 1 saturated carbocycles. The molecule has 5 heteroatoms. The predicted molar refractivity (Wildman–Crippen MR) is 125 cm³/mol. The molecule has 31 heavy (non-hydrogen) atoms. The normalized spacial score (nSPS) is 25.9. The SMILES string of the molecule is CCC1(OC)CCC2(CC1)NC(=O)C(c1c(C)ccc(-c3ccc(Cl)cc3)c1C)=C2O. The largest absolute Gasteiger partial charge is 0.509 e. The zero-order chi connectivity index (χ0) is 22.4. The van der Waals surface area contributed by atoms with E-state index in [2.05, 4.69) is 18.3 Å². The second-order valence-electron chi connectivity index (χ2n) is 8.94. The van der Waals surface area contributed by atoms with Crippen LogP contribution in [-0.2, 0) is 9.53 Å². The number of hydrogen-bond donors (Lipinski definition) is 2. The molecular weight excluding hydrogens is 410 g/mol. The third-order valence-electron chi connectivity index (χ3n) is 7.44. The summed E-state index contributed by atoms with van der Waals surface area (Å²) in [6.07, 6.45) is 3.88. The molecule has 1 fully saturated rings. The number of aliphatic hydroxyl groups excluding tert-OH is 1. The van der Waals surface area contributed by atoms with Crippen molar-refractivity contribution in [3.05, 3.63) is 63.9 Å². The minimum Gasteiger partial charge on any atom is -0.509 e. The summed E-state index contributed by atoms with van der Waals surface area (Å²) in [6.45, 7) is 6.13. The highest BCUT2D eigenvalue weighted by molar-refractivity contribution is 6.30. The second-order valence-corrected chi connectivity index (χ2v) is 9.37. The molecule has 1 amide bonds. The first-order valence-electron chi connectivity index (χ1n) is 10.9. The van der Waals surface area contributed by atoms with Crippen molar-refractivity contribution in [2.45, 2.75) is 64.0 Å². The number of nitrogens with one attached hydrogen (secondary N) is 1. The van der Waals surface area contributed by atoms with Crippen LogP contribution in [0.5, 0.6) is 0 Å². The van der Waals surface area contributed by atoms with Crippen LogP contribution in [0.2, 0.25) is 5.02 Å². The number of amides is 1. The average Bonchev–Trinajstić information content (AvgIpc) is 3.00. The van der Waals surface area contributed by atoms with E-state index in [-0.39, 0.29) is 17.3 Å². The maximum Gasteiger partial charge on any atom is 0.256 e. The summed E-state index contributed by atoms with van der Waals surface area (Å²) >= 11 is 6.06. The molecule has 1 aliphatic carbocycles. The molecule has 0 unspecified atom stereocenters. The molecular formula is C26H30ClNO3. The van der Waals surface area contributed by atoms with Gasteiger partial charge in [0.15, 0.2) is 0 Å². The first-order chi connectivity index (χ1) is 14.8. The van der Waals surface area contributed by atoms with Crippen LogP contribution in [0, 0.1) is 13.8 Å². The molecule has 0 bridgehead atoms. The number of rotatable bonds is 4. The number of hydrogen-bond acceptors (Lipinski definition) is 3. The first kappa shape index (κ1) is 21.9. The van der Waals surface area contributed by atoms with Crippen LogP contribution in [-0.4, -0.2) is 29.3 Å². The summed E-state index contributed by atoms with van der Waals surface area (Å²) in [4.78, 5) is 13.2. The van der Waals surface area contributed by atoms with E-state index in [4.69, 9.17) is 16.3 Å². The van der Waals surface area contributed by atoms with Crippen molar-refractivity contribution in [3.8, 4) is 11.1 Å². The van der Waals surface area contributed by atoms with Crippen molar-refractivity contribution in [2.24, 2.45) is 0 Å². The standard InChI is InChI=1S/C26H30ClNO3/c1-5-25(31-4)12-14-26(15-13-25)23(29)22(24(30)28-26)21-16(2)6-11-20(17(21)3)18-7-9-19(27)10-8-18/h6-11,29H,5,12-15H2,1-4H3,(H,28,30). The lowest BCUT2D eigenvalue weighted by Gasteiger charge is -2.43. The number of aliphatic hydroxyl groups is 1. The Hall–Kier alpha value is -2.30. The smallest absolute Gasteiger partial charge is 0.256 e. The van der Waals surface area contributed by atoms with Crippen LogP contribution in [0.15, 0.2) is 42.2 Å². The highest BCUT2D eigenvalue weighted by Crippen LogP contribution is 2.47. The zero-order valence-electron chi connectivity index (χ0n) is 18.6. The monoisotopic (exact) mass is 439 g/mol. The Kier molecular flexibility index (Phi) is 5.65. The highest BCUT2D eigenvalue weighted by atomic mass is 35.5.